The number of rotatable bonds is 3. The fourth-order valence-electron chi connectivity index (χ4n) is 0.895. The molecule has 1 heterocycles. The van der Waals surface area contributed by atoms with E-state index in [2.05, 4.69) is 5.32 Å². The number of nitrogens with one attached hydrogen (secondary N) is 1. The van der Waals surface area contributed by atoms with Gasteiger partial charge in [-0.25, -0.2) is 0 Å². The van der Waals surface area contributed by atoms with Gasteiger partial charge in [-0.05, 0) is 22.4 Å². The van der Waals surface area contributed by atoms with E-state index in [9.17, 15) is 13.2 Å². The van der Waals surface area contributed by atoms with Crippen LogP contribution in [0.5, 0.6) is 0 Å². The van der Waals surface area contributed by atoms with E-state index in [1.165, 1.54) is 11.3 Å². The van der Waals surface area contributed by atoms with Crippen molar-refractivity contribution >= 4 is 11.3 Å². The lowest BCUT2D eigenvalue weighted by molar-refractivity contribution is -0.125. The molecule has 1 aromatic rings. The number of nitriles is 1. The molecular weight excluding hydrogens is 213 g/mol. The van der Waals surface area contributed by atoms with Gasteiger partial charge in [0.15, 0.2) is 0 Å². The highest BCUT2D eigenvalue weighted by atomic mass is 32.1. The smallest absolute Gasteiger partial charge is 0.290 e. The summed E-state index contributed by atoms with van der Waals surface area (Å²) in [5.41, 5.74) is 0.571. The van der Waals surface area contributed by atoms with Gasteiger partial charge < -0.3 is 0 Å². The topological polar surface area (TPSA) is 35.8 Å². The summed E-state index contributed by atoms with van der Waals surface area (Å²) >= 11 is 1.34. The van der Waals surface area contributed by atoms with Crippen molar-refractivity contribution < 1.29 is 13.2 Å². The minimum absolute atomic E-state index is 0.571. The second kappa shape index (κ2) is 4.44. The first-order valence-corrected chi connectivity index (χ1v) is 4.69. The first-order chi connectivity index (χ1) is 6.53. The highest BCUT2D eigenvalue weighted by molar-refractivity contribution is 7.07. The summed E-state index contributed by atoms with van der Waals surface area (Å²) in [6.07, 6.45) is -4.29. The molecule has 6 heteroatoms. The van der Waals surface area contributed by atoms with Gasteiger partial charge in [-0.15, -0.1) is 0 Å². The quantitative estimate of drug-likeness (QED) is 0.849. The van der Waals surface area contributed by atoms with Gasteiger partial charge in [0, 0.05) is 0 Å². The SMILES string of the molecule is N#CC(NCC(F)(F)F)c1ccsc1. The molecule has 0 aliphatic heterocycles. The Kier molecular flexibility index (Phi) is 3.49. The summed E-state index contributed by atoms with van der Waals surface area (Å²) in [6.45, 7) is -1.15. The lowest BCUT2D eigenvalue weighted by Crippen LogP contribution is -2.31. The molecule has 0 saturated heterocycles. The van der Waals surface area contributed by atoms with Crippen LogP contribution in [0.3, 0.4) is 0 Å². The van der Waals surface area contributed by atoms with Crippen molar-refractivity contribution in [2.75, 3.05) is 6.54 Å². The molecule has 2 nitrogen and oxygen atoms in total. The highest BCUT2D eigenvalue weighted by Gasteiger charge is 2.28. The summed E-state index contributed by atoms with van der Waals surface area (Å²) in [5.74, 6) is 0. The Labute approximate surface area is 83.0 Å². The number of halogens is 3. The molecule has 0 saturated carbocycles. The van der Waals surface area contributed by atoms with Crippen molar-refractivity contribution in [3.05, 3.63) is 22.4 Å². The molecule has 0 amide bonds. The Bertz CT molecular complexity index is 312. The third-order valence-corrected chi connectivity index (χ3v) is 2.21. The predicted molar refractivity (Wildman–Crippen MR) is 46.7 cm³/mol. The zero-order chi connectivity index (χ0) is 10.6. The lowest BCUT2D eigenvalue weighted by atomic mass is 10.2. The minimum atomic E-state index is -4.29. The van der Waals surface area contributed by atoms with Crippen LogP contribution in [0.4, 0.5) is 13.2 Å². The fourth-order valence-corrected chi connectivity index (χ4v) is 1.58. The molecule has 1 aromatic heterocycles. The first kappa shape index (κ1) is 11.0. The third-order valence-electron chi connectivity index (χ3n) is 1.51. The van der Waals surface area contributed by atoms with Crippen LogP contribution in [0.2, 0.25) is 0 Å². The molecule has 0 fully saturated rings. The van der Waals surface area contributed by atoms with Gasteiger partial charge in [0.2, 0.25) is 0 Å². The molecule has 14 heavy (non-hydrogen) atoms. The van der Waals surface area contributed by atoms with E-state index in [0.29, 0.717) is 5.56 Å². The summed E-state index contributed by atoms with van der Waals surface area (Å²) in [6, 6.07) is 2.51. The molecule has 0 bridgehead atoms. The second-order valence-electron chi connectivity index (χ2n) is 2.61. The largest absolute Gasteiger partial charge is 0.401 e. The normalized spacial score (nSPS) is 13.6. The molecule has 1 N–H and O–H groups in total. The Morgan fingerprint density at radius 2 is 2.29 bits per heavy atom. The van der Waals surface area contributed by atoms with Gasteiger partial charge in [0.05, 0.1) is 12.6 Å². The van der Waals surface area contributed by atoms with Crippen molar-refractivity contribution in [2.24, 2.45) is 0 Å². The molecule has 76 valence electrons. The van der Waals surface area contributed by atoms with E-state index in [0.717, 1.165) is 0 Å². The predicted octanol–water partition coefficient (Wildman–Crippen LogP) is 2.46. The molecule has 1 rings (SSSR count). The van der Waals surface area contributed by atoms with E-state index >= 15 is 0 Å². The molecule has 0 radical (unpaired) electrons. The zero-order valence-corrected chi connectivity index (χ0v) is 7.82. The van der Waals surface area contributed by atoms with Crippen LogP contribution in [-0.2, 0) is 0 Å². The van der Waals surface area contributed by atoms with E-state index in [1.54, 1.807) is 22.9 Å². The van der Waals surface area contributed by atoms with Gasteiger partial charge in [0.1, 0.15) is 6.04 Å². The van der Waals surface area contributed by atoms with Crippen LogP contribution < -0.4 is 5.32 Å². The molecule has 0 spiro atoms. The van der Waals surface area contributed by atoms with Crippen molar-refractivity contribution in [3.63, 3.8) is 0 Å². The Morgan fingerprint density at radius 3 is 2.71 bits per heavy atom. The Morgan fingerprint density at radius 1 is 1.57 bits per heavy atom. The maximum atomic E-state index is 11.8. The average Bonchev–Trinajstić information content (AvgIpc) is 2.56. The van der Waals surface area contributed by atoms with Crippen LogP contribution in [0.25, 0.3) is 0 Å². The van der Waals surface area contributed by atoms with Crippen LogP contribution in [0, 0.1) is 11.3 Å². The summed E-state index contributed by atoms with van der Waals surface area (Å²) in [7, 11) is 0. The lowest BCUT2D eigenvalue weighted by Gasteiger charge is -2.11. The first-order valence-electron chi connectivity index (χ1n) is 3.75. The summed E-state index contributed by atoms with van der Waals surface area (Å²) in [5, 5.41) is 14.1. The maximum Gasteiger partial charge on any atom is 0.401 e. The fraction of sp³-hybridized carbons (Fsp3) is 0.375. The van der Waals surface area contributed by atoms with Crippen LogP contribution in [0.15, 0.2) is 16.8 Å². The second-order valence-corrected chi connectivity index (χ2v) is 3.39. The number of thiophene rings is 1. The molecule has 1 atom stereocenters. The average molecular weight is 220 g/mol. The van der Waals surface area contributed by atoms with Gasteiger partial charge in [-0.1, -0.05) is 0 Å². The number of alkyl halides is 3. The molecule has 0 aliphatic carbocycles. The molecule has 0 aromatic carbocycles. The van der Waals surface area contributed by atoms with Crippen LogP contribution in [0.1, 0.15) is 11.6 Å². The zero-order valence-electron chi connectivity index (χ0n) is 7.01. The van der Waals surface area contributed by atoms with Gasteiger partial charge in [-0.3, -0.25) is 5.32 Å². The highest BCUT2D eigenvalue weighted by Crippen LogP contribution is 2.18. The standard InChI is InChI=1S/C8H7F3N2S/c9-8(10,11)5-13-7(3-12)6-1-2-14-4-6/h1-2,4,7,13H,5H2. The van der Waals surface area contributed by atoms with E-state index in [4.69, 9.17) is 5.26 Å². The monoisotopic (exact) mass is 220 g/mol. The van der Waals surface area contributed by atoms with E-state index in [-0.39, 0.29) is 0 Å². The van der Waals surface area contributed by atoms with Crippen LogP contribution in [-0.4, -0.2) is 12.7 Å². The third kappa shape index (κ3) is 3.36. The van der Waals surface area contributed by atoms with Crippen molar-refractivity contribution in [1.82, 2.24) is 5.32 Å². The Hall–Kier alpha value is -1.06. The van der Waals surface area contributed by atoms with E-state index in [1.807, 2.05) is 0 Å². The van der Waals surface area contributed by atoms with Crippen molar-refractivity contribution in [2.45, 2.75) is 12.2 Å². The molecular formula is C8H7F3N2S. The Balaban J connectivity index is 2.54. The van der Waals surface area contributed by atoms with Crippen LogP contribution >= 0.6 is 11.3 Å². The number of hydrogen-bond acceptors (Lipinski definition) is 3. The summed E-state index contributed by atoms with van der Waals surface area (Å²) < 4.78 is 35.5. The van der Waals surface area contributed by atoms with Crippen molar-refractivity contribution in [1.29, 1.82) is 5.26 Å². The summed E-state index contributed by atoms with van der Waals surface area (Å²) in [4.78, 5) is 0. The molecule has 1 unspecified atom stereocenters. The van der Waals surface area contributed by atoms with Gasteiger partial charge in [-0.2, -0.15) is 29.8 Å². The maximum absolute atomic E-state index is 11.8. The number of hydrogen-bond donors (Lipinski definition) is 1. The van der Waals surface area contributed by atoms with E-state index < -0.39 is 18.8 Å². The van der Waals surface area contributed by atoms with Gasteiger partial charge >= 0.3 is 6.18 Å². The van der Waals surface area contributed by atoms with Crippen molar-refractivity contribution in [3.8, 4) is 6.07 Å². The molecule has 0 aliphatic rings. The number of nitrogens with zero attached hydrogens (tertiary/aromatic N) is 1. The van der Waals surface area contributed by atoms with Gasteiger partial charge in [0.25, 0.3) is 0 Å². The minimum Gasteiger partial charge on any atom is -0.290 e.